The maximum Gasteiger partial charge on any atom is 0.219 e. The Hall–Kier alpha value is -1.35. The number of nitrogens with one attached hydrogen (secondary N) is 1. The normalized spacial score (nSPS) is 22.4. The Balaban J connectivity index is 1.94. The number of carbonyl (C=O) groups is 1. The molecular formula is C18H28N2O. The van der Waals surface area contributed by atoms with Gasteiger partial charge in [0.1, 0.15) is 0 Å². The minimum Gasteiger partial charge on any atom is -0.343 e. The lowest BCUT2D eigenvalue weighted by atomic mass is 9.89. The molecule has 1 N–H and O–H groups in total. The molecule has 1 fully saturated rings. The van der Waals surface area contributed by atoms with E-state index in [1.807, 2.05) is 4.90 Å². The molecule has 2 rings (SSSR count). The van der Waals surface area contributed by atoms with E-state index < -0.39 is 0 Å². The monoisotopic (exact) mass is 288 g/mol. The second-order valence-corrected chi connectivity index (χ2v) is 6.34. The first kappa shape index (κ1) is 16.0. The largest absolute Gasteiger partial charge is 0.343 e. The number of benzene rings is 1. The average Bonchev–Trinajstić information content (AvgIpc) is 2.46. The lowest BCUT2D eigenvalue weighted by Crippen LogP contribution is -2.50. The van der Waals surface area contributed by atoms with Gasteiger partial charge in [0.15, 0.2) is 0 Å². The van der Waals surface area contributed by atoms with Crippen molar-refractivity contribution in [3.63, 3.8) is 0 Å². The molecule has 0 bridgehead atoms. The summed E-state index contributed by atoms with van der Waals surface area (Å²) in [6, 6.07) is 7.17. The molecule has 116 valence electrons. The Morgan fingerprint density at radius 3 is 2.76 bits per heavy atom. The van der Waals surface area contributed by atoms with Crippen molar-refractivity contribution in [2.24, 2.45) is 5.92 Å². The standard InChI is InChI=1S/C18H28N2O/c1-5-16-12-20(15(4)21)9-8-18(16)19-11-17-7-6-13(2)10-14(17)3/h6-7,10,16,18-19H,5,8-9,11-12H2,1-4H3. The number of nitrogens with zero attached hydrogens (tertiary/aromatic N) is 1. The molecule has 0 aliphatic carbocycles. The molecule has 1 aliphatic heterocycles. The van der Waals surface area contributed by atoms with Crippen molar-refractivity contribution in [1.82, 2.24) is 10.2 Å². The van der Waals surface area contributed by atoms with Crippen molar-refractivity contribution < 1.29 is 4.79 Å². The number of aryl methyl sites for hydroxylation is 2. The van der Waals surface area contributed by atoms with E-state index in [0.717, 1.165) is 32.5 Å². The predicted octanol–water partition coefficient (Wildman–Crippen LogP) is 3.04. The van der Waals surface area contributed by atoms with Gasteiger partial charge in [-0.25, -0.2) is 0 Å². The molecule has 3 nitrogen and oxygen atoms in total. The zero-order valence-electron chi connectivity index (χ0n) is 13.8. The van der Waals surface area contributed by atoms with E-state index in [4.69, 9.17) is 0 Å². The molecular weight excluding hydrogens is 260 g/mol. The minimum atomic E-state index is 0.210. The van der Waals surface area contributed by atoms with Gasteiger partial charge in [-0.2, -0.15) is 0 Å². The zero-order chi connectivity index (χ0) is 15.4. The summed E-state index contributed by atoms with van der Waals surface area (Å²) < 4.78 is 0. The van der Waals surface area contributed by atoms with Gasteiger partial charge in [-0.1, -0.05) is 37.1 Å². The van der Waals surface area contributed by atoms with Crippen LogP contribution in [0.25, 0.3) is 0 Å². The highest BCUT2D eigenvalue weighted by molar-refractivity contribution is 5.73. The molecule has 2 unspecified atom stereocenters. The van der Waals surface area contributed by atoms with Gasteiger partial charge in [0, 0.05) is 32.6 Å². The Morgan fingerprint density at radius 2 is 2.14 bits per heavy atom. The van der Waals surface area contributed by atoms with E-state index in [1.54, 1.807) is 6.92 Å². The Bertz CT molecular complexity index is 498. The minimum absolute atomic E-state index is 0.210. The molecule has 0 spiro atoms. The summed E-state index contributed by atoms with van der Waals surface area (Å²) in [4.78, 5) is 13.5. The van der Waals surface area contributed by atoms with Gasteiger partial charge in [0.25, 0.3) is 0 Å². The number of amides is 1. The second-order valence-electron chi connectivity index (χ2n) is 6.34. The highest BCUT2D eigenvalue weighted by Gasteiger charge is 2.28. The summed E-state index contributed by atoms with van der Waals surface area (Å²) in [5.74, 6) is 0.773. The first-order chi connectivity index (χ1) is 10.0. The fourth-order valence-electron chi connectivity index (χ4n) is 3.29. The molecule has 1 aromatic carbocycles. The number of hydrogen-bond acceptors (Lipinski definition) is 2. The van der Waals surface area contributed by atoms with E-state index in [-0.39, 0.29) is 5.91 Å². The quantitative estimate of drug-likeness (QED) is 0.923. The molecule has 0 radical (unpaired) electrons. The van der Waals surface area contributed by atoms with Crippen LogP contribution in [0.4, 0.5) is 0 Å². The fraction of sp³-hybridized carbons (Fsp3) is 0.611. The van der Waals surface area contributed by atoms with Gasteiger partial charge in [-0.05, 0) is 37.3 Å². The van der Waals surface area contributed by atoms with Crippen LogP contribution in [0.1, 0.15) is 43.4 Å². The van der Waals surface area contributed by atoms with Crippen molar-refractivity contribution in [1.29, 1.82) is 0 Å². The van der Waals surface area contributed by atoms with E-state index in [0.29, 0.717) is 12.0 Å². The van der Waals surface area contributed by atoms with Crippen LogP contribution in [0.2, 0.25) is 0 Å². The van der Waals surface area contributed by atoms with Crippen LogP contribution in [-0.2, 0) is 11.3 Å². The zero-order valence-corrected chi connectivity index (χ0v) is 13.8. The van der Waals surface area contributed by atoms with Crippen LogP contribution in [-0.4, -0.2) is 29.9 Å². The highest BCUT2D eigenvalue weighted by atomic mass is 16.2. The van der Waals surface area contributed by atoms with E-state index in [2.05, 4.69) is 44.3 Å². The average molecular weight is 288 g/mol. The number of likely N-dealkylation sites (tertiary alicyclic amines) is 1. The third-order valence-corrected chi connectivity index (χ3v) is 4.76. The first-order valence-corrected chi connectivity index (χ1v) is 8.06. The summed E-state index contributed by atoms with van der Waals surface area (Å²) >= 11 is 0. The molecule has 1 amide bonds. The molecule has 0 aromatic heterocycles. The van der Waals surface area contributed by atoms with Gasteiger partial charge in [0.05, 0.1) is 0 Å². The molecule has 0 saturated carbocycles. The fourth-order valence-corrected chi connectivity index (χ4v) is 3.29. The third-order valence-electron chi connectivity index (χ3n) is 4.76. The Labute approximate surface area is 128 Å². The third kappa shape index (κ3) is 4.07. The van der Waals surface area contributed by atoms with Gasteiger partial charge in [0.2, 0.25) is 5.91 Å². The summed E-state index contributed by atoms with van der Waals surface area (Å²) in [5, 5.41) is 3.72. The van der Waals surface area contributed by atoms with Gasteiger partial charge >= 0.3 is 0 Å². The van der Waals surface area contributed by atoms with Gasteiger partial charge in [-0.3, -0.25) is 4.79 Å². The van der Waals surface area contributed by atoms with Crippen LogP contribution in [0.5, 0.6) is 0 Å². The molecule has 2 atom stereocenters. The number of carbonyl (C=O) groups excluding carboxylic acids is 1. The summed E-state index contributed by atoms with van der Waals surface area (Å²) in [6.45, 7) is 10.9. The lowest BCUT2D eigenvalue weighted by molar-refractivity contribution is -0.131. The lowest BCUT2D eigenvalue weighted by Gasteiger charge is -2.38. The number of piperidine rings is 1. The maximum absolute atomic E-state index is 11.5. The van der Waals surface area contributed by atoms with Crippen LogP contribution in [0.3, 0.4) is 0 Å². The maximum atomic E-state index is 11.5. The summed E-state index contributed by atoms with van der Waals surface area (Å²) in [7, 11) is 0. The van der Waals surface area contributed by atoms with Crippen molar-refractivity contribution in [3.8, 4) is 0 Å². The Kier molecular flexibility index (Phi) is 5.40. The highest BCUT2D eigenvalue weighted by Crippen LogP contribution is 2.21. The van der Waals surface area contributed by atoms with Crippen LogP contribution >= 0.6 is 0 Å². The first-order valence-electron chi connectivity index (χ1n) is 8.06. The van der Waals surface area contributed by atoms with Crippen molar-refractivity contribution in [2.45, 2.75) is 53.1 Å². The molecule has 21 heavy (non-hydrogen) atoms. The number of hydrogen-bond donors (Lipinski definition) is 1. The van der Waals surface area contributed by atoms with Crippen molar-refractivity contribution in [3.05, 3.63) is 34.9 Å². The van der Waals surface area contributed by atoms with Crippen molar-refractivity contribution >= 4 is 5.91 Å². The van der Waals surface area contributed by atoms with Crippen LogP contribution in [0.15, 0.2) is 18.2 Å². The summed E-state index contributed by atoms with van der Waals surface area (Å²) in [5.41, 5.74) is 4.05. The predicted molar refractivity (Wildman–Crippen MR) is 87.2 cm³/mol. The van der Waals surface area contributed by atoms with E-state index >= 15 is 0 Å². The summed E-state index contributed by atoms with van der Waals surface area (Å²) in [6.07, 6.45) is 2.18. The topological polar surface area (TPSA) is 32.3 Å². The smallest absolute Gasteiger partial charge is 0.219 e. The molecule has 3 heteroatoms. The van der Waals surface area contributed by atoms with Gasteiger partial charge < -0.3 is 10.2 Å². The van der Waals surface area contributed by atoms with E-state index in [9.17, 15) is 4.79 Å². The van der Waals surface area contributed by atoms with Crippen LogP contribution < -0.4 is 5.32 Å². The van der Waals surface area contributed by atoms with Gasteiger partial charge in [-0.15, -0.1) is 0 Å². The Morgan fingerprint density at radius 1 is 1.38 bits per heavy atom. The second kappa shape index (κ2) is 7.08. The van der Waals surface area contributed by atoms with Crippen LogP contribution in [0, 0.1) is 19.8 Å². The van der Waals surface area contributed by atoms with Crippen molar-refractivity contribution in [2.75, 3.05) is 13.1 Å². The molecule has 1 aliphatic rings. The SMILES string of the molecule is CCC1CN(C(C)=O)CCC1NCc1ccc(C)cc1C. The number of rotatable bonds is 4. The van der Waals surface area contributed by atoms with E-state index in [1.165, 1.54) is 16.7 Å². The molecule has 1 aromatic rings. The molecule has 1 saturated heterocycles. The molecule has 1 heterocycles.